The fraction of sp³-hybridized carbons (Fsp3) is 0. The van der Waals surface area contributed by atoms with Gasteiger partial charge in [-0.05, 0) is 64.2 Å². The van der Waals surface area contributed by atoms with Gasteiger partial charge in [0, 0.05) is 38.5 Å². The van der Waals surface area contributed by atoms with E-state index in [1.165, 1.54) is 10.8 Å². The van der Waals surface area contributed by atoms with Gasteiger partial charge in [-0.3, -0.25) is 0 Å². The zero-order chi connectivity index (χ0) is 36.6. The molecule has 0 aliphatic heterocycles. The van der Waals surface area contributed by atoms with Crippen LogP contribution in [0.25, 0.3) is 77.6 Å². The lowest BCUT2D eigenvalue weighted by Gasteiger charge is -2.32. The minimum atomic E-state index is 0.789. The molecule has 55 heavy (non-hydrogen) atoms. The van der Waals surface area contributed by atoms with E-state index in [4.69, 9.17) is 4.42 Å². The molecule has 0 amide bonds. The van der Waals surface area contributed by atoms with Crippen molar-refractivity contribution in [3.63, 3.8) is 0 Å². The molecule has 8 aromatic carbocycles. The number of rotatable bonds is 8. The fourth-order valence-electron chi connectivity index (χ4n) is 8.12. The quantitative estimate of drug-likeness (QED) is 0.171. The summed E-state index contributed by atoms with van der Waals surface area (Å²) in [6.45, 7) is 0. The Morgan fingerprint density at radius 2 is 0.873 bits per heavy atom. The summed E-state index contributed by atoms with van der Waals surface area (Å²) in [4.78, 5) is 6.29. The summed E-state index contributed by atoms with van der Waals surface area (Å²) >= 11 is 0. The van der Waals surface area contributed by atoms with Gasteiger partial charge < -0.3 is 14.3 Å². The zero-order valence-corrected chi connectivity index (χ0v) is 30.1. The number of para-hydroxylation sites is 3. The van der Waals surface area contributed by atoms with E-state index < -0.39 is 0 Å². The number of hydrogen-bond acceptors (Lipinski definition) is 2. The van der Waals surface area contributed by atoms with Crippen molar-refractivity contribution in [2.24, 2.45) is 0 Å². The Kier molecular flexibility index (Phi) is 8.16. The van der Waals surface area contributed by atoms with Gasteiger partial charge in [0.2, 0.25) is 0 Å². The maximum absolute atomic E-state index is 6.45. The standard InChI is InChI=1S/C52H36N2O/c1-4-18-36(19-5-1)39-24-11-14-29-46(39)54(47-30-15-12-25-40(47)37-20-6-2-7-21-37)48-31-16-27-44(51(48)49-32-17-35-55-49)50-41(38-22-8-3-9-23-38)33-34-43-42-26-10-13-28-45(42)53-52(43)50/h1-35,53H. The Hall–Kier alpha value is -7.36. The van der Waals surface area contributed by atoms with Gasteiger partial charge in [-0.15, -0.1) is 0 Å². The van der Waals surface area contributed by atoms with Gasteiger partial charge in [0.15, 0.2) is 0 Å². The van der Waals surface area contributed by atoms with Crippen LogP contribution in [-0.4, -0.2) is 4.98 Å². The number of anilines is 3. The van der Waals surface area contributed by atoms with Crippen molar-refractivity contribution in [2.75, 3.05) is 4.90 Å². The number of fused-ring (bicyclic) bond motifs is 3. The second kappa shape index (κ2) is 13.9. The highest BCUT2D eigenvalue weighted by Gasteiger charge is 2.27. The number of aromatic nitrogens is 1. The van der Waals surface area contributed by atoms with Crippen LogP contribution >= 0.6 is 0 Å². The van der Waals surface area contributed by atoms with Crippen molar-refractivity contribution in [3.8, 4) is 55.8 Å². The van der Waals surface area contributed by atoms with Crippen molar-refractivity contribution in [1.82, 2.24) is 4.98 Å². The number of hydrogen-bond donors (Lipinski definition) is 1. The molecule has 2 aromatic heterocycles. The van der Waals surface area contributed by atoms with Crippen LogP contribution < -0.4 is 4.90 Å². The largest absolute Gasteiger partial charge is 0.464 e. The maximum atomic E-state index is 6.45. The summed E-state index contributed by atoms with van der Waals surface area (Å²) in [7, 11) is 0. The van der Waals surface area contributed by atoms with E-state index >= 15 is 0 Å². The van der Waals surface area contributed by atoms with E-state index in [-0.39, 0.29) is 0 Å². The number of nitrogens with zero attached hydrogens (tertiary/aromatic N) is 1. The van der Waals surface area contributed by atoms with Crippen LogP contribution in [-0.2, 0) is 0 Å². The molecule has 0 saturated heterocycles. The summed E-state index contributed by atoms with van der Waals surface area (Å²) in [5.74, 6) is 0.789. The van der Waals surface area contributed by atoms with E-state index in [9.17, 15) is 0 Å². The zero-order valence-electron chi connectivity index (χ0n) is 30.1. The fourth-order valence-corrected chi connectivity index (χ4v) is 8.12. The lowest BCUT2D eigenvalue weighted by Crippen LogP contribution is -2.14. The Morgan fingerprint density at radius 1 is 0.345 bits per heavy atom. The maximum Gasteiger partial charge on any atom is 0.136 e. The minimum Gasteiger partial charge on any atom is -0.464 e. The van der Waals surface area contributed by atoms with Gasteiger partial charge in [-0.2, -0.15) is 0 Å². The molecule has 0 bridgehead atoms. The molecule has 10 rings (SSSR count). The molecule has 3 heteroatoms. The molecular weight excluding hydrogens is 669 g/mol. The number of H-pyrrole nitrogens is 1. The number of furan rings is 1. The van der Waals surface area contributed by atoms with Crippen LogP contribution in [0, 0.1) is 0 Å². The summed E-state index contributed by atoms with van der Waals surface area (Å²) in [5.41, 5.74) is 15.4. The SMILES string of the molecule is c1ccc(-c2ccccc2N(c2ccccc2-c2ccccc2)c2cccc(-c3c(-c4ccccc4)ccc4c3[nH]c3ccccc34)c2-c2ccco2)cc1. The van der Waals surface area contributed by atoms with Crippen molar-refractivity contribution >= 4 is 38.9 Å². The highest BCUT2D eigenvalue weighted by molar-refractivity contribution is 6.16. The van der Waals surface area contributed by atoms with Crippen LogP contribution in [0.1, 0.15) is 0 Å². The lowest BCUT2D eigenvalue weighted by atomic mass is 9.87. The first-order chi connectivity index (χ1) is 27.3. The lowest BCUT2D eigenvalue weighted by molar-refractivity contribution is 0.582. The third-order valence-corrected chi connectivity index (χ3v) is 10.5. The molecule has 0 fully saturated rings. The first-order valence-electron chi connectivity index (χ1n) is 18.7. The molecule has 10 aromatic rings. The number of nitrogens with one attached hydrogen (secondary N) is 1. The van der Waals surface area contributed by atoms with E-state index in [0.29, 0.717) is 0 Å². The number of aromatic amines is 1. The summed E-state index contributed by atoms with van der Waals surface area (Å²) in [5, 5.41) is 2.38. The molecule has 0 unspecified atom stereocenters. The molecule has 0 aliphatic carbocycles. The van der Waals surface area contributed by atoms with Gasteiger partial charge in [0.1, 0.15) is 5.76 Å². The first kappa shape index (κ1) is 32.3. The van der Waals surface area contributed by atoms with Crippen LogP contribution in [0.4, 0.5) is 17.1 Å². The van der Waals surface area contributed by atoms with Crippen molar-refractivity contribution < 1.29 is 4.42 Å². The molecule has 260 valence electrons. The highest BCUT2D eigenvalue weighted by Crippen LogP contribution is 2.52. The molecular formula is C52H36N2O. The smallest absolute Gasteiger partial charge is 0.136 e. The Labute approximate surface area is 320 Å². The van der Waals surface area contributed by atoms with Crippen molar-refractivity contribution in [1.29, 1.82) is 0 Å². The van der Waals surface area contributed by atoms with E-state index in [0.717, 1.165) is 83.9 Å². The molecule has 2 heterocycles. The molecule has 0 spiro atoms. The average Bonchev–Trinajstić information content (AvgIpc) is 3.94. The Morgan fingerprint density at radius 3 is 1.49 bits per heavy atom. The van der Waals surface area contributed by atoms with Gasteiger partial charge in [0.05, 0.1) is 28.8 Å². The molecule has 0 aliphatic rings. The average molecular weight is 705 g/mol. The van der Waals surface area contributed by atoms with E-state index in [1.807, 2.05) is 6.07 Å². The van der Waals surface area contributed by atoms with Crippen LogP contribution in [0.2, 0.25) is 0 Å². The van der Waals surface area contributed by atoms with Crippen LogP contribution in [0.3, 0.4) is 0 Å². The van der Waals surface area contributed by atoms with Crippen molar-refractivity contribution in [2.45, 2.75) is 0 Å². The molecule has 0 saturated carbocycles. The molecule has 3 nitrogen and oxygen atoms in total. The van der Waals surface area contributed by atoms with Gasteiger partial charge in [-0.1, -0.05) is 170 Å². The van der Waals surface area contributed by atoms with Gasteiger partial charge in [0.25, 0.3) is 0 Å². The summed E-state index contributed by atoms with van der Waals surface area (Å²) in [6, 6.07) is 73.3. The van der Waals surface area contributed by atoms with Crippen LogP contribution in [0.5, 0.6) is 0 Å². The summed E-state index contributed by atoms with van der Waals surface area (Å²) < 4.78 is 6.45. The molecule has 0 atom stereocenters. The summed E-state index contributed by atoms with van der Waals surface area (Å²) in [6.07, 6.45) is 1.78. The van der Waals surface area contributed by atoms with Gasteiger partial charge >= 0.3 is 0 Å². The second-order valence-corrected chi connectivity index (χ2v) is 13.7. The third kappa shape index (κ3) is 5.70. The number of benzene rings is 8. The normalized spacial score (nSPS) is 11.3. The van der Waals surface area contributed by atoms with Crippen molar-refractivity contribution in [3.05, 3.63) is 213 Å². The predicted octanol–water partition coefficient (Wildman–Crippen LogP) is 14.7. The topological polar surface area (TPSA) is 32.2 Å². The Balaban J connectivity index is 1.34. The first-order valence-corrected chi connectivity index (χ1v) is 18.7. The molecule has 0 radical (unpaired) electrons. The van der Waals surface area contributed by atoms with Crippen LogP contribution in [0.15, 0.2) is 217 Å². The molecule has 1 N–H and O–H groups in total. The second-order valence-electron chi connectivity index (χ2n) is 13.7. The predicted molar refractivity (Wildman–Crippen MR) is 230 cm³/mol. The minimum absolute atomic E-state index is 0.789. The Bertz CT molecular complexity index is 2830. The van der Waals surface area contributed by atoms with E-state index in [1.54, 1.807) is 6.26 Å². The monoisotopic (exact) mass is 704 g/mol. The van der Waals surface area contributed by atoms with E-state index in [2.05, 4.69) is 210 Å². The van der Waals surface area contributed by atoms with Gasteiger partial charge in [-0.25, -0.2) is 0 Å². The highest BCUT2D eigenvalue weighted by atomic mass is 16.3. The third-order valence-electron chi connectivity index (χ3n) is 10.5.